The number of hydrogen-bond acceptors (Lipinski definition) is 4. The number of benzene rings is 1. The van der Waals surface area contributed by atoms with Gasteiger partial charge in [-0.25, -0.2) is 4.79 Å². The number of hydrogen-bond donors (Lipinski definition) is 0. The molecule has 1 aliphatic rings. The predicted molar refractivity (Wildman–Crippen MR) is 65.5 cm³/mol. The number of carbonyl (C=O) groups excluding carboxylic acids is 2. The van der Waals surface area contributed by atoms with Crippen molar-refractivity contribution in [2.24, 2.45) is 0 Å². The van der Waals surface area contributed by atoms with Crippen LogP contribution >= 0.6 is 0 Å². The molecule has 0 fully saturated rings. The highest BCUT2D eigenvalue weighted by Crippen LogP contribution is 2.40. The van der Waals surface area contributed by atoms with E-state index in [1.807, 2.05) is 24.3 Å². The summed E-state index contributed by atoms with van der Waals surface area (Å²) in [4.78, 5) is 23.2. The Hall–Kier alpha value is -1.84. The lowest BCUT2D eigenvalue weighted by molar-refractivity contribution is -0.151. The molecule has 4 nitrogen and oxygen atoms in total. The van der Waals surface area contributed by atoms with E-state index < -0.39 is 12.1 Å². The first-order chi connectivity index (χ1) is 8.63. The van der Waals surface area contributed by atoms with Gasteiger partial charge in [-0.3, -0.25) is 0 Å². The summed E-state index contributed by atoms with van der Waals surface area (Å²) in [6.07, 6.45) is -0.410. The molecule has 2 atom stereocenters. The van der Waals surface area contributed by atoms with Gasteiger partial charge in [-0.2, -0.15) is 0 Å². The molecule has 2 rings (SSSR count). The van der Waals surface area contributed by atoms with Crippen LogP contribution in [-0.4, -0.2) is 24.5 Å². The zero-order valence-electron chi connectivity index (χ0n) is 10.5. The van der Waals surface area contributed by atoms with Gasteiger partial charge < -0.3 is 14.3 Å². The molecule has 0 amide bonds. The van der Waals surface area contributed by atoms with E-state index in [-0.39, 0.29) is 11.7 Å². The molecule has 0 bridgehead atoms. The van der Waals surface area contributed by atoms with Gasteiger partial charge in [0, 0.05) is 17.9 Å². The number of rotatable bonds is 4. The minimum absolute atomic E-state index is 0.0367. The Bertz CT molecular complexity index is 467. The number of Topliss-reactive ketones (excluding diaryl/α,β-unsaturated/α-hetero) is 1. The van der Waals surface area contributed by atoms with Crippen molar-refractivity contribution < 1.29 is 19.1 Å². The third kappa shape index (κ3) is 2.37. The number of fused-ring (bicyclic) bond motifs is 1. The standard InChI is InChI=1S/C14H16O4/c1-3-17-14(16)13-11(8-9(2)15)10-6-4-5-7-12(10)18-13/h4-7,11,13H,3,8H2,1-2H3/t11-,13-/m0/s1. The van der Waals surface area contributed by atoms with E-state index in [0.717, 1.165) is 5.56 Å². The average Bonchev–Trinajstić information content (AvgIpc) is 2.68. The van der Waals surface area contributed by atoms with Gasteiger partial charge in [-0.1, -0.05) is 18.2 Å². The molecule has 1 aliphatic heterocycles. The van der Waals surface area contributed by atoms with Crippen molar-refractivity contribution >= 4 is 11.8 Å². The van der Waals surface area contributed by atoms with Crippen molar-refractivity contribution in [3.8, 4) is 5.75 Å². The van der Waals surface area contributed by atoms with E-state index in [0.29, 0.717) is 18.8 Å². The van der Waals surface area contributed by atoms with Crippen LogP contribution in [0.5, 0.6) is 5.75 Å². The van der Waals surface area contributed by atoms with Crippen molar-refractivity contribution in [2.75, 3.05) is 6.61 Å². The maximum atomic E-state index is 11.8. The highest BCUT2D eigenvalue weighted by atomic mass is 16.6. The SMILES string of the molecule is CCOC(=O)[C@H]1Oc2ccccc2[C@@H]1CC(C)=O. The van der Waals surface area contributed by atoms with Crippen LogP contribution in [0.1, 0.15) is 31.7 Å². The number of para-hydroxylation sites is 1. The first-order valence-electron chi connectivity index (χ1n) is 6.05. The topological polar surface area (TPSA) is 52.6 Å². The molecular formula is C14H16O4. The Labute approximate surface area is 106 Å². The lowest BCUT2D eigenvalue weighted by Gasteiger charge is -2.16. The van der Waals surface area contributed by atoms with Crippen LogP contribution in [0.4, 0.5) is 0 Å². The van der Waals surface area contributed by atoms with Crippen molar-refractivity contribution in [3.05, 3.63) is 29.8 Å². The van der Waals surface area contributed by atoms with E-state index in [9.17, 15) is 9.59 Å². The van der Waals surface area contributed by atoms with E-state index in [4.69, 9.17) is 9.47 Å². The third-order valence-electron chi connectivity index (χ3n) is 2.96. The van der Waals surface area contributed by atoms with E-state index in [1.54, 1.807) is 6.92 Å². The first kappa shape index (κ1) is 12.6. The fourth-order valence-electron chi connectivity index (χ4n) is 2.24. The highest BCUT2D eigenvalue weighted by Gasteiger charge is 2.40. The molecule has 0 aliphatic carbocycles. The summed E-state index contributed by atoms with van der Waals surface area (Å²) >= 11 is 0. The fourth-order valence-corrected chi connectivity index (χ4v) is 2.24. The molecule has 1 aromatic carbocycles. The summed E-state index contributed by atoms with van der Waals surface area (Å²) < 4.78 is 10.6. The van der Waals surface area contributed by atoms with Gasteiger partial charge in [0.25, 0.3) is 0 Å². The number of ether oxygens (including phenoxy) is 2. The summed E-state index contributed by atoms with van der Waals surface area (Å²) in [6, 6.07) is 7.42. The van der Waals surface area contributed by atoms with Crippen molar-refractivity contribution in [2.45, 2.75) is 32.3 Å². The molecule has 0 unspecified atom stereocenters. The van der Waals surface area contributed by atoms with Gasteiger partial charge in [0.05, 0.1) is 6.61 Å². The summed E-state index contributed by atoms with van der Waals surface area (Å²) in [7, 11) is 0. The molecule has 18 heavy (non-hydrogen) atoms. The van der Waals surface area contributed by atoms with Crippen LogP contribution in [0.25, 0.3) is 0 Å². The van der Waals surface area contributed by atoms with Gasteiger partial charge >= 0.3 is 5.97 Å². The minimum atomic E-state index is -0.703. The van der Waals surface area contributed by atoms with Crippen LogP contribution in [0.3, 0.4) is 0 Å². The van der Waals surface area contributed by atoms with E-state index in [2.05, 4.69) is 0 Å². The smallest absolute Gasteiger partial charge is 0.347 e. The zero-order valence-corrected chi connectivity index (χ0v) is 10.5. The number of carbonyl (C=O) groups is 2. The summed E-state index contributed by atoms with van der Waals surface area (Å²) in [5.41, 5.74) is 0.908. The Kier molecular flexibility index (Phi) is 3.65. The number of ketones is 1. The Morgan fingerprint density at radius 2 is 2.06 bits per heavy atom. The van der Waals surface area contributed by atoms with Gasteiger partial charge in [-0.05, 0) is 19.9 Å². The molecule has 0 spiro atoms. The average molecular weight is 248 g/mol. The predicted octanol–water partition coefficient (Wildman–Crippen LogP) is 2.07. The van der Waals surface area contributed by atoms with Gasteiger partial charge in [-0.15, -0.1) is 0 Å². The normalized spacial score (nSPS) is 21.0. The van der Waals surface area contributed by atoms with Crippen LogP contribution < -0.4 is 4.74 Å². The van der Waals surface area contributed by atoms with Crippen LogP contribution in [0.2, 0.25) is 0 Å². The molecule has 0 aromatic heterocycles. The van der Waals surface area contributed by atoms with Gasteiger partial charge in [0.1, 0.15) is 11.5 Å². The maximum Gasteiger partial charge on any atom is 0.347 e. The second-order valence-corrected chi connectivity index (χ2v) is 4.34. The maximum absolute atomic E-state index is 11.8. The lowest BCUT2D eigenvalue weighted by Crippen LogP contribution is -2.32. The zero-order chi connectivity index (χ0) is 13.1. The Morgan fingerprint density at radius 3 is 2.72 bits per heavy atom. The van der Waals surface area contributed by atoms with Crippen molar-refractivity contribution in [1.29, 1.82) is 0 Å². The van der Waals surface area contributed by atoms with Crippen molar-refractivity contribution in [3.63, 3.8) is 0 Å². The van der Waals surface area contributed by atoms with E-state index in [1.165, 1.54) is 6.92 Å². The summed E-state index contributed by atoms with van der Waals surface area (Å²) in [5, 5.41) is 0. The molecule has 1 aromatic rings. The van der Waals surface area contributed by atoms with Crippen LogP contribution in [0.15, 0.2) is 24.3 Å². The highest BCUT2D eigenvalue weighted by molar-refractivity contribution is 5.82. The minimum Gasteiger partial charge on any atom is -0.478 e. The molecule has 0 N–H and O–H groups in total. The Balaban J connectivity index is 2.27. The summed E-state index contributed by atoms with van der Waals surface area (Å²) in [6.45, 7) is 3.57. The van der Waals surface area contributed by atoms with E-state index >= 15 is 0 Å². The van der Waals surface area contributed by atoms with Crippen molar-refractivity contribution in [1.82, 2.24) is 0 Å². The second kappa shape index (κ2) is 5.21. The fraction of sp³-hybridized carbons (Fsp3) is 0.429. The summed E-state index contributed by atoms with van der Waals surface area (Å²) in [5.74, 6) is 0.0640. The largest absolute Gasteiger partial charge is 0.478 e. The molecule has 4 heteroatoms. The molecule has 0 saturated carbocycles. The molecule has 0 saturated heterocycles. The molecule has 0 radical (unpaired) electrons. The van der Waals surface area contributed by atoms with Gasteiger partial charge in [0.2, 0.25) is 6.10 Å². The number of esters is 1. The second-order valence-electron chi connectivity index (χ2n) is 4.34. The van der Waals surface area contributed by atoms with Crippen LogP contribution in [0, 0.1) is 0 Å². The Morgan fingerprint density at radius 1 is 1.33 bits per heavy atom. The van der Waals surface area contributed by atoms with Gasteiger partial charge in [0.15, 0.2) is 0 Å². The molecular weight excluding hydrogens is 232 g/mol. The lowest BCUT2D eigenvalue weighted by atomic mass is 9.91. The first-order valence-corrected chi connectivity index (χ1v) is 6.05. The molecule has 96 valence electrons. The quantitative estimate of drug-likeness (QED) is 0.765. The third-order valence-corrected chi connectivity index (χ3v) is 2.96. The monoisotopic (exact) mass is 248 g/mol. The molecule has 1 heterocycles. The van der Waals surface area contributed by atoms with Crippen LogP contribution in [-0.2, 0) is 14.3 Å².